The number of thioether (sulfide) groups is 1. The molecule has 1 aliphatic rings. The van der Waals surface area contributed by atoms with E-state index < -0.39 is 0 Å². The van der Waals surface area contributed by atoms with Crippen molar-refractivity contribution in [3.05, 3.63) is 45.8 Å². The second-order valence-electron chi connectivity index (χ2n) is 5.31. The maximum absolute atomic E-state index is 4.76. The third-order valence-electron chi connectivity index (χ3n) is 3.51. The van der Waals surface area contributed by atoms with Crippen molar-refractivity contribution in [2.24, 2.45) is 0 Å². The van der Waals surface area contributed by atoms with Gasteiger partial charge in [0.1, 0.15) is 11.6 Å². The molecule has 0 spiro atoms. The van der Waals surface area contributed by atoms with Gasteiger partial charge in [-0.25, -0.2) is 9.97 Å². The molecule has 1 aromatic carbocycles. The monoisotopic (exact) mass is 363 g/mol. The zero-order valence-corrected chi connectivity index (χ0v) is 14.6. The van der Waals surface area contributed by atoms with Gasteiger partial charge in [-0.15, -0.1) is 11.8 Å². The molecule has 2 aromatic rings. The lowest BCUT2D eigenvalue weighted by Gasteiger charge is -2.10. The van der Waals surface area contributed by atoms with Crippen LogP contribution in [0.1, 0.15) is 35.8 Å². The van der Waals surface area contributed by atoms with Gasteiger partial charge < -0.3 is 5.32 Å². The summed E-state index contributed by atoms with van der Waals surface area (Å²) in [5.41, 5.74) is 2.45. The van der Waals surface area contributed by atoms with Crippen molar-refractivity contribution in [2.75, 3.05) is 12.4 Å². The Morgan fingerprint density at radius 3 is 2.57 bits per heavy atom. The van der Waals surface area contributed by atoms with Gasteiger partial charge in [-0.05, 0) is 47.8 Å². The largest absolute Gasteiger partial charge is 0.372 e. The van der Waals surface area contributed by atoms with Gasteiger partial charge in [-0.1, -0.05) is 17.7 Å². The molecule has 1 aromatic heterocycles. The minimum atomic E-state index is 0.609. The fraction of sp³-hybridized carbons (Fsp3) is 0.375. The van der Waals surface area contributed by atoms with Crippen LogP contribution in [-0.4, -0.2) is 17.0 Å². The number of nitrogens with zero attached hydrogens (tertiary/aromatic N) is 2. The molecule has 3 nitrogen and oxygen atoms in total. The van der Waals surface area contributed by atoms with Crippen molar-refractivity contribution in [1.29, 1.82) is 0 Å². The molecule has 0 saturated heterocycles. The first-order chi connectivity index (χ1) is 10.2. The molecule has 1 aliphatic carbocycles. The highest BCUT2D eigenvalue weighted by molar-refractivity contribution is 9.10. The first-order valence-electron chi connectivity index (χ1n) is 7.11. The second-order valence-corrected chi connectivity index (χ2v) is 7.16. The summed E-state index contributed by atoms with van der Waals surface area (Å²) in [4.78, 5) is 10.6. The molecule has 1 saturated carbocycles. The van der Waals surface area contributed by atoms with Gasteiger partial charge in [-0.2, -0.15) is 0 Å². The molecule has 1 fully saturated rings. The minimum absolute atomic E-state index is 0.609. The molecule has 110 valence electrons. The molecular weight excluding hydrogens is 346 g/mol. The van der Waals surface area contributed by atoms with Crippen LogP contribution in [0.25, 0.3) is 0 Å². The number of hydrogen-bond acceptors (Lipinski definition) is 4. The topological polar surface area (TPSA) is 37.8 Å². The summed E-state index contributed by atoms with van der Waals surface area (Å²) < 4.78 is 1.02. The zero-order chi connectivity index (χ0) is 14.8. The van der Waals surface area contributed by atoms with Gasteiger partial charge in [-0.3, -0.25) is 0 Å². The Morgan fingerprint density at radius 1 is 1.24 bits per heavy atom. The Balaban J connectivity index is 1.78. The van der Waals surface area contributed by atoms with Crippen LogP contribution in [0.4, 0.5) is 5.82 Å². The van der Waals surface area contributed by atoms with Gasteiger partial charge >= 0.3 is 0 Å². The molecule has 0 aliphatic heterocycles. The maximum Gasteiger partial charge on any atom is 0.144 e. The van der Waals surface area contributed by atoms with Gasteiger partial charge in [0.15, 0.2) is 0 Å². The van der Waals surface area contributed by atoms with Gasteiger partial charge in [0.2, 0.25) is 0 Å². The van der Waals surface area contributed by atoms with E-state index in [1.165, 1.54) is 23.3 Å². The average Bonchev–Trinajstić information content (AvgIpc) is 3.32. The van der Waals surface area contributed by atoms with E-state index in [1.54, 1.807) is 11.8 Å². The van der Waals surface area contributed by atoms with Crippen molar-refractivity contribution < 1.29 is 0 Å². The average molecular weight is 364 g/mol. The lowest BCUT2D eigenvalue weighted by atomic mass is 10.2. The second kappa shape index (κ2) is 6.36. The highest BCUT2D eigenvalue weighted by Crippen LogP contribution is 2.44. The number of hydrogen-bond donors (Lipinski definition) is 1. The molecule has 5 heteroatoms. The predicted octanol–water partition coefficient (Wildman–Crippen LogP) is 4.76. The summed E-state index contributed by atoms with van der Waals surface area (Å²) >= 11 is 5.41. The van der Waals surface area contributed by atoms with Crippen molar-refractivity contribution in [2.45, 2.75) is 36.3 Å². The van der Waals surface area contributed by atoms with Crippen LogP contribution < -0.4 is 5.32 Å². The number of rotatable bonds is 5. The number of aromatic nitrogens is 2. The number of benzene rings is 1. The third-order valence-corrected chi connectivity index (χ3v) is 5.30. The summed E-state index contributed by atoms with van der Waals surface area (Å²) in [7, 11) is 1.90. The standard InChI is InChI=1S/C16H18BrN3S/c1-10-3-7-12(8-4-10)21-9-13-19-15(11-5-6-11)14(17)16(18-2)20-13/h3-4,7-8,11H,5-6,9H2,1-2H3,(H,18,19,20). The minimum Gasteiger partial charge on any atom is -0.372 e. The van der Waals surface area contributed by atoms with E-state index in [2.05, 4.69) is 57.4 Å². The van der Waals surface area contributed by atoms with Crippen LogP contribution in [0.5, 0.6) is 0 Å². The summed E-state index contributed by atoms with van der Waals surface area (Å²) in [5, 5.41) is 3.16. The fourth-order valence-electron chi connectivity index (χ4n) is 2.15. The molecule has 0 radical (unpaired) electrons. The number of aryl methyl sites for hydroxylation is 1. The van der Waals surface area contributed by atoms with E-state index in [1.807, 2.05) is 7.05 Å². The van der Waals surface area contributed by atoms with Crippen molar-refractivity contribution >= 4 is 33.5 Å². The van der Waals surface area contributed by atoms with Crippen LogP contribution in [-0.2, 0) is 5.75 Å². The Morgan fingerprint density at radius 2 is 1.95 bits per heavy atom. The van der Waals surface area contributed by atoms with E-state index in [0.29, 0.717) is 5.92 Å². The molecule has 3 rings (SSSR count). The summed E-state index contributed by atoms with van der Waals surface area (Å²) in [5.74, 6) is 3.20. The van der Waals surface area contributed by atoms with Gasteiger partial charge in [0.25, 0.3) is 0 Å². The predicted molar refractivity (Wildman–Crippen MR) is 92.0 cm³/mol. The number of nitrogens with one attached hydrogen (secondary N) is 1. The van der Waals surface area contributed by atoms with Gasteiger partial charge in [0.05, 0.1) is 15.9 Å². The van der Waals surface area contributed by atoms with Crippen molar-refractivity contribution in [3.8, 4) is 0 Å². The SMILES string of the molecule is CNc1nc(CSc2ccc(C)cc2)nc(C2CC2)c1Br. The van der Waals surface area contributed by atoms with E-state index in [4.69, 9.17) is 4.98 Å². The van der Waals surface area contributed by atoms with Crippen LogP contribution in [0, 0.1) is 6.92 Å². The first kappa shape index (κ1) is 14.9. The molecule has 1 heterocycles. The smallest absolute Gasteiger partial charge is 0.144 e. The van der Waals surface area contributed by atoms with E-state index in [0.717, 1.165) is 27.6 Å². The summed E-state index contributed by atoms with van der Waals surface area (Å²) in [6.07, 6.45) is 2.48. The van der Waals surface area contributed by atoms with E-state index >= 15 is 0 Å². The van der Waals surface area contributed by atoms with Crippen LogP contribution >= 0.6 is 27.7 Å². The highest BCUT2D eigenvalue weighted by atomic mass is 79.9. The Hall–Kier alpha value is -1.07. The molecule has 0 amide bonds. The third kappa shape index (κ3) is 3.58. The molecular formula is C16H18BrN3S. The van der Waals surface area contributed by atoms with Crippen LogP contribution in [0.15, 0.2) is 33.6 Å². The molecule has 21 heavy (non-hydrogen) atoms. The molecule has 0 bridgehead atoms. The van der Waals surface area contributed by atoms with Crippen LogP contribution in [0.2, 0.25) is 0 Å². The Kier molecular flexibility index (Phi) is 4.50. The van der Waals surface area contributed by atoms with E-state index in [9.17, 15) is 0 Å². The Labute approximate surface area is 138 Å². The van der Waals surface area contributed by atoms with E-state index in [-0.39, 0.29) is 0 Å². The number of anilines is 1. The van der Waals surface area contributed by atoms with Crippen molar-refractivity contribution in [3.63, 3.8) is 0 Å². The molecule has 1 N–H and O–H groups in total. The summed E-state index contributed by atoms with van der Waals surface area (Å²) in [6.45, 7) is 2.10. The summed E-state index contributed by atoms with van der Waals surface area (Å²) in [6, 6.07) is 8.58. The van der Waals surface area contributed by atoms with Gasteiger partial charge in [0, 0.05) is 17.9 Å². The lowest BCUT2D eigenvalue weighted by molar-refractivity contribution is 0.922. The normalized spacial score (nSPS) is 14.2. The maximum atomic E-state index is 4.76. The molecule has 0 unspecified atom stereocenters. The van der Waals surface area contributed by atoms with Crippen LogP contribution in [0.3, 0.4) is 0 Å². The quantitative estimate of drug-likeness (QED) is 0.777. The first-order valence-corrected chi connectivity index (χ1v) is 8.88. The van der Waals surface area contributed by atoms with Crippen molar-refractivity contribution in [1.82, 2.24) is 9.97 Å². The zero-order valence-electron chi connectivity index (χ0n) is 12.2. The molecule has 0 atom stereocenters. The Bertz CT molecular complexity index is 639. The lowest BCUT2D eigenvalue weighted by Crippen LogP contribution is -2.04. The fourth-order valence-corrected chi connectivity index (χ4v) is 3.61. The highest BCUT2D eigenvalue weighted by Gasteiger charge is 2.29. The number of halogens is 1.